The highest BCUT2D eigenvalue weighted by Crippen LogP contribution is 2.17. The number of allylic oxidation sites excluding steroid dienone is 1. The molecule has 0 unspecified atom stereocenters. The molecule has 1 aromatic carbocycles. The number of hydrogen-bond donors (Lipinski definition) is 1. The van der Waals surface area contributed by atoms with Gasteiger partial charge in [0.1, 0.15) is 0 Å². The van der Waals surface area contributed by atoms with Crippen LogP contribution in [0.1, 0.15) is 23.6 Å². The molecule has 0 saturated carbocycles. The summed E-state index contributed by atoms with van der Waals surface area (Å²) in [6.07, 6.45) is 0. The second-order valence-corrected chi connectivity index (χ2v) is 3.37. The number of benzene rings is 1. The quantitative estimate of drug-likeness (QED) is 0.624. The van der Waals surface area contributed by atoms with Crippen molar-refractivity contribution in [3.63, 3.8) is 0 Å². The molecular weight excluding hydrogens is 164 g/mol. The first-order valence-electron chi connectivity index (χ1n) is 4.03. The third-order valence-corrected chi connectivity index (χ3v) is 2.54. The van der Waals surface area contributed by atoms with Crippen molar-refractivity contribution in [3.8, 4) is 0 Å². The molecular formula is C11H14S. The fourth-order valence-electron chi connectivity index (χ4n) is 1.06. The standard InChI is InChI=1S/C11H14S/c1-8-4-5-11(6-9(8)2)10(3)7-12/h4-7,12H,1-3H3/b10-7+. The molecule has 0 aliphatic carbocycles. The van der Waals surface area contributed by atoms with Crippen LogP contribution in [0.3, 0.4) is 0 Å². The van der Waals surface area contributed by atoms with Gasteiger partial charge in [0.25, 0.3) is 0 Å². The van der Waals surface area contributed by atoms with E-state index < -0.39 is 0 Å². The third kappa shape index (κ3) is 1.92. The lowest BCUT2D eigenvalue weighted by atomic mass is 10.0. The predicted octanol–water partition coefficient (Wildman–Crippen LogP) is 3.59. The van der Waals surface area contributed by atoms with Crippen LogP contribution in [0.2, 0.25) is 0 Å². The monoisotopic (exact) mass is 178 g/mol. The van der Waals surface area contributed by atoms with Gasteiger partial charge in [-0.05, 0) is 48.4 Å². The Morgan fingerprint density at radius 3 is 2.42 bits per heavy atom. The van der Waals surface area contributed by atoms with Crippen LogP contribution in [0.15, 0.2) is 23.6 Å². The van der Waals surface area contributed by atoms with Gasteiger partial charge in [0, 0.05) is 0 Å². The zero-order chi connectivity index (χ0) is 9.14. The maximum atomic E-state index is 4.12. The van der Waals surface area contributed by atoms with Gasteiger partial charge >= 0.3 is 0 Å². The molecule has 0 aliphatic rings. The van der Waals surface area contributed by atoms with Gasteiger partial charge < -0.3 is 0 Å². The molecule has 64 valence electrons. The van der Waals surface area contributed by atoms with Crippen molar-refractivity contribution >= 4 is 18.2 Å². The van der Waals surface area contributed by atoms with Crippen LogP contribution in [-0.2, 0) is 0 Å². The molecule has 0 saturated heterocycles. The van der Waals surface area contributed by atoms with E-state index in [1.165, 1.54) is 22.3 Å². The highest BCUT2D eigenvalue weighted by atomic mass is 32.1. The van der Waals surface area contributed by atoms with Gasteiger partial charge in [-0.25, -0.2) is 0 Å². The normalized spacial score (nSPS) is 11.8. The Labute approximate surface area is 79.7 Å². The lowest BCUT2D eigenvalue weighted by Gasteiger charge is -2.04. The number of aryl methyl sites for hydroxylation is 2. The van der Waals surface area contributed by atoms with Crippen LogP contribution in [0.5, 0.6) is 0 Å². The Balaban J connectivity index is 3.13. The number of rotatable bonds is 1. The Bertz CT molecular complexity index is 311. The summed E-state index contributed by atoms with van der Waals surface area (Å²) < 4.78 is 0. The minimum absolute atomic E-state index is 1.21. The van der Waals surface area contributed by atoms with Gasteiger partial charge in [-0.3, -0.25) is 0 Å². The fraction of sp³-hybridized carbons (Fsp3) is 0.273. The second kappa shape index (κ2) is 3.81. The Morgan fingerprint density at radius 2 is 1.92 bits per heavy atom. The lowest BCUT2D eigenvalue weighted by molar-refractivity contribution is 1.33. The van der Waals surface area contributed by atoms with Gasteiger partial charge in [-0.2, -0.15) is 12.6 Å². The maximum absolute atomic E-state index is 4.12. The highest BCUT2D eigenvalue weighted by molar-refractivity contribution is 7.83. The molecule has 0 aromatic heterocycles. The van der Waals surface area contributed by atoms with Crippen molar-refractivity contribution < 1.29 is 0 Å². The molecule has 12 heavy (non-hydrogen) atoms. The minimum atomic E-state index is 1.21. The molecule has 0 N–H and O–H groups in total. The van der Waals surface area contributed by atoms with Crippen molar-refractivity contribution in [2.75, 3.05) is 0 Å². The Morgan fingerprint density at radius 1 is 1.25 bits per heavy atom. The first kappa shape index (κ1) is 9.40. The molecule has 0 fully saturated rings. The summed E-state index contributed by atoms with van der Waals surface area (Å²) in [4.78, 5) is 0. The average Bonchev–Trinajstić information content (AvgIpc) is 2.08. The zero-order valence-electron chi connectivity index (χ0n) is 7.76. The number of thiol groups is 1. The first-order chi connectivity index (χ1) is 5.65. The van der Waals surface area contributed by atoms with Crippen LogP contribution >= 0.6 is 12.6 Å². The largest absolute Gasteiger partial charge is 0.151 e. The van der Waals surface area contributed by atoms with Gasteiger partial charge in [0.05, 0.1) is 0 Å². The molecule has 1 heteroatoms. The second-order valence-electron chi connectivity index (χ2n) is 3.11. The van der Waals surface area contributed by atoms with E-state index in [-0.39, 0.29) is 0 Å². The van der Waals surface area contributed by atoms with Crippen molar-refractivity contribution in [1.29, 1.82) is 0 Å². The number of hydrogen-bond acceptors (Lipinski definition) is 1. The minimum Gasteiger partial charge on any atom is -0.151 e. The summed E-state index contributed by atoms with van der Waals surface area (Å²) in [5, 5.41) is 1.84. The Hall–Kier alpha value is -0.690. The van der Waals surface area contributed by atoms with E-state index in [2.05, 4.69) is 51.6 Å². The molecule has 0 nitrogen and oxygen atoms in total. The van der Waals surface area contributed by atoms with Gasteiger partial charge in [-0.1, -0.05) is 18.2 Å². The molecule has 1 rings (SSSR count). The van der Waals surface area contributed by atoms with Crippen molar-refractivity contribution in [3.05, 3.63) is 40.3 Å². The fourth-order valence-corrected chi connectivity index (χ4v) is 1.21. The molecule has 0 amide bonds. The molecule has 0 radical (unpaired) electrons. The molecule has 0 atom stereocenters. The van der Waals surface area contributed by atoms with E-state index in [1.807, 2.05) is 5.41 Å². The lowest BCUT2D eigenvalue weighted by Crippen LogP contribution is -1.84. The maximum Gasteiger partial charge on any atom is -0.0219 e. The topological polar surface area (TPSA) is 0 Å². The summed E-state index contributed by atoms with van der Waals surface area (Å²) in [5.74, 6) is 0. The van der Waals surface area contributed by atoms with Crippen molar-refractivity contribution in [2.45, 2.75) is 20.8 Å². The summed E-state index contributed by atoms with van der Waals surface area (Å²) >= 11 is 4.12. The zero-order valence-corrected chi connectivity index (χ0v) is 8.65. The van der Waals surface area contributed by atoms with Gasteiger partial charge in [0.15, 0.2) is 0 Å². The predicted molar refractivity (Wildman–Crippen MR) is 58.6 cm³/mol. The van der Waals surface area contributed by atoms with E-state index in [9.17, 15) is 0 Å². The van der Waals surface area contributed by atoms with Crippen molar-refractivity contribution in [2.24, 2.45) is 0 Å². The summed E-state index contributed by atoms with van der Waals surface area (Å²) in [6.45, 7) is 6.32. The van der Waals surface area contributed by atoms with Gasteiger partial charge in [0.2, 0.25) is 0 Å². The molecule has 0 aliphatic heterocycles. The average molecular weight is 178 g/mol. The molecule has 1 aromatic rings. The van der Waals surface area contributed by atoms with Crippen LogP contribution < -0.4 is 0 Å². The van der Waals surface area contributed by atoms with E-state index in [0.717, 1.165) is 0 Å². The first-order valence-corrected chi connectivity index (χ1v) is 4.55. The SMILES string of the molecule is C/C(=C\S)c1ccc(C)c(C)c1. The molecule has 0 spiro atoms. The van der Waals surface area contributed by atoms with E-state index in [0.29, 0.717) is 0 Å². The van der Waals surface area contributed by atoms with Crippen LogP contribution in [0.25, 0.3) is 5.57 Å². The Kier molecular flexibility index (Phi) is 2.99. The summed E-state index contributed by atoms with van der Waals surface area (Å²) in [5.41, 5.74) is 5.14. The van der Waals surface area contributed by atoms with Crippen molar-refractivity contribution in [1.82, 2.24) is 0 Å². The van der Waals surface area contributed by atoms with E-state index >= 15 is 0 Å². The smallest absolute Gasteiger partial charge is 0.0219 e. The van der Waals surface area contributed by atoms with Gasteiger partial charge in [-0.15, -0.1) is 0 Å². The summed E-state index contributed by atoms with van der Waals surface area (Å²) in [7, 11) is 0. The highest BCUT2D eigenvalue weighted by Gasteiger charge is 1.96. The van der Waals surface area contributed by atoms with E-state index in [4.69, 9.17) is 0 Å². The van der Waals surface area contributed by atoms with E-state index in [1.54, 1.807) is 0 Å². The van der Waals surface area contributed by atoms with Crippen LogP contribution in [-0.4, -0.2) is 0 Å². The third-order valence-electron chi connectivity index (χ3n) is 2.16. The molecule has 0 bridgehead atoms. The molecule has 0 heterocycles. The summed E-state index contributed by atoms with van der Waals surface area (Å²) in [6, 6.07) is 6.47. The van der Waals surface area contributed by atoms with Crippen LogP contribution in [0, 0.1) is 13.8 Å². The van der Waals surface area contributed by atoms with Crippen LogP contribution in [0.4, 0.5) is 0 Å².